The molecule has 1 aromatic carbocycles. The molecule has 0 N–H and O–H groups in total. The Balaban J connectivity index is 1.41. The fourth-order valence-electron chi connectivity index (χ4n) is 4.07. The van der Waals surface area contributed by atoms with Crippen molar-refractivity contribution in [2.24, 2.45) is 0 Å². The number of hydrogen-bond donors (Lipinski definition) is 0. The summed E-state index contributed by atoms with van der Waals surface area (Å²) < 4.78 is 11.2. The highest BCUT2D eigenvalue weighted by atomic mass is 16.5. The predicted octanol–water partition coefficient (Wildman–Crippen LogP) is 1.96. The van der Waals surface area contributed by atoms with Gasteiger partial charge < -0.3 is 19.0 Å². The summed E-state index contributed by atoms with van der Waals surface area (Å²) in [6.07, 6.45) is 2.21. The maximum Gasteiger partial charge on any atom is 0.290 e. The van der Waals surface area contributed by atoms with E-state index in [0.717, 1.165) is 36.9 Å². The highest BCUT2D eigenvalue weighted by Crippen LogP contribution is 2.28. The zero-order chi connectivity index (χ0) is 19.5. The van der Waals surface area contributed by atoms with Crippen LogP contribution in [0.1, 0.15) is 29.0 Å². The quantitative estimate of drug-likeness (QED) is 0.787. The van der Waals surface area contributed by atoms with E-state index >= 15 is 0 Å². The molecule has 2 saturated heterocycles. The van der Waals surface area contributed by atoms with Crippen LogP contribution in [-0.4, -0.2) is 79.4 Å². The largest absolute Gasteiger partial charge is 0.451 e. The summed E-state index contributed by atoms with van der Waals surface area (Å²) in [5.41, 5.74) is 1.50. The van der Waals surface area contributed by atoms with E-state index in [4.69, 9.17) is 9.15 Å². The number of hydrogen-bond acceptors (Lipinski definition) is 5. The first-order valence-corrected chi connectivity index (χ1v) is 9.96. The second kappa shape index (κ2) is 8.32. The molecule has 3 heterocycles. The standard InChI is InChI=1S/C21H27N3O4/c1-27-15-17-16-6-2-3-7-18(16)28-20(17)21(26)24-12-10-22(11-13-24)14-19(25)23-8-4-5-9-23/h2-3,6-7H,4-5,8-15H2,1H3. The van der Waals surface area contributed by atoms with Crippen LogP contribution in [-0.2, 0) is 16.1 Å². The van der Waals surface area contributed by atoms with Gasteiger partial charge in [-0.25, -0.2) is 0 Å². The van der Waals surface area contributed by atoms with E-state index in [1.165, 1.54) is 0 Å². The minimum Gasteiger partial charge on any atom is -0.451 e. The lowest BCUT2D eigenvalue weighted by Crippen LogP contribution is -2.51. The molecule has 0 radical (unpaired) electrons. The zero-order valence-electron chi connectivity index (χ0n) is 16.4. The molecule has 2 aliphatic rings. The summed E-state index contributed by atoms with van der Waals surface area (Å²) in [7, 11) is 1.62. The molecule has 2 aliphatic heterocycles. The molecule has 7 nitrogen and oxygen atoms in total. The van der Waals surface area contributed by atoms with E-state index in [1.54, 1.807) is 7.11 Å². The van der Waals surface area contributed by atoms with Crippen molar-refractivity contribution in [3.8, 4) is 0 Å². The molecule has 0 unspecified atom stereocenters. The summed E-state index contributed by atoms with van der Waals surface area (Å²) in [5.74, 6) is 0.468. The lowest BCUT2D eigenvalue weighted by atomic mass is 10.1. The van der Waals surface area contributed by atoms with E-state index in [1.807, 2.05) is 34.1 Å². The van der Waals surface area contributed by atoms with Gasteiger partial charge in [-0.05, 0) is 18.9 Å². The summed E-state index contributed by atoms with van der Waals surface area (Å²) in [5, 5.41) is 0.919. The highest BCUT2D eigenvalue weighted by molar-refractivity contribution is 5.99. The molecule has 28 heavy (non-hydrogen) atoms. The summed E-state index contributed by atoms with van der Waals surface area (Å²) in [6.45, 7) is 5.13. The first-order valence-electron chi connectivity index (χ1n) is 9.96. The SMILES string of the molecule is COCc1c(C(=O)N2CCN(CC(=O)N3CCCC3)CC2)oc2ccccc12. The molecule has 1 aromatic heterocycles. The third-order valence-corrected chi connectivity index (χ3v) is 5.66. The monoisotopic (exact) mass is 385 g/mol. The first kappa shape index (κ1) is 19.0. The minimum absolute atomic E-state index is 0.103. The number of carbonyl (C=O) groups excluding carboxylic acids is 2. The van der Waals surface area contributed by atoms with Crippen molar-refractivity contribution in [1.29, 1.82) is 0 Å². The third-order valence-electron chi connectivity index (χ3n) is 5.66. The topological polar surface area (TPSA) is 66.2 Å². The lowest BCUT2D eigenvalue weighted by Gasteiger charge is -2.34. The van der Waals surface area contributed by atoms with Crippen molar-refractivity contribution in [3.05, 3.63) is 35.6 Å². The minimum atomic E-state index is -0.103. The van der Waals surface area contributed by atoms with Crippen molar-refractivity contribution >= 4 is 22.8 Å². The van der Waals surface area contributed by atoms with Crippen LogP contribution in [0.5, 0.6) is 0 Å². The van der Waals surface area contributed by atoms with Crippen LogP contribution in [0.4, 0.5) is 0 Å². The Morgan fingerprint density at radius 1 is 1.00 bits per heavy atom. The summed E-state index contributed by atoms with van der Waals surface area (Å²) >= 11 is 0. The van der Waals surface area contributed by atoms with Crippen LogP contribution >= 0.6 is 0 Å². The zero-order valence-corrected chi connectivity index (χ0v) is 16.4. The van der Waals surface area contributed by atoms with E-state index in [-0.39, 0.29) is 11.8 Å². The molecule has 7 heteroatoms. The number of para-hydroxylation sites is 1. The Hall–Kier alpha value is -2.38. The van der Waals surface area contributed by atoms with E-state index in [2.05, 4.69) is 4.90 Å². The Bertz CT molecular complexity index is 848. The number of rotatable bonds is 5. The van der Waals surface area contributed by atoms with Crippen LogP contribution in [0.15, 0.2) is 28.7 Å². The average molecular weight is 385 g/mol. The molecule has 0 spiro atoms. The number of ether oxygens (including phenoxy) is 1. The molecule has 0 saturated carbocycles. The second-order valence-corrected chi connectivity index (χ2v) is 7.50. The van der Waals surface area contributed by atoms with Gasteiger partial charge in [0.15, 0.2) is 5.76 Å². The van der Waals surface area contributed by atoms with Crippen LogP contribution in [0.25, 0.3) is 11.0 Å². The lowest BCUT2D eigenvalue weighted by molar-refractivity contribution is -0.131. The Morgan fingerprint density at radius 2 is 1.71 bits per heavy atom. The number of amides is 2. The predicted molar refractivity (Wildman–Crippen MR) is 105 cm³/mol. The van der Waals surface area contributed by atoms with Gasteiger partial charge in [0.1, 0.15) is 5.58 Å². The third kappa shape index (κ3) is 3.77. The number of furan rings is 1. The molecular weight excluding hydrogens is 358 g/mol. The fourth-order valence-corrected chi connectivity index (χ4v) is 4.07. The van der Waals surface area contributed by atoms with Gasteiger partial charge in [-0.15, -0.1) is 0 Å². The Labute approximate surface area is 164 Å². The van der Waals surface area contributed by atoms with E-state index in [0.29, 0.717) is 50.7 Å². The maximum atomic E-state index is 13.1. The number of nitrogens with zero attached hydrogens (tertiary/aromatic N) is 3. The Kier molecular flexibility index (Phi) is 5.64. The van der Waals surface area contributed by atoms with E-state index < -0.39 is 0 Å². The Morgan fingerprint density at radius 3 is 2.43 bits per heavy atom. The van der Waals surface area contributed by atoms with Crippen molar-refractivity contribution in [2.75, 3.05) is 52.9 Å². The number of likely N-dealkylation sites (tertiary alicyclic amines) is 1. The van der Waals surface area contributed by atoms with Crippen molar-refractivity contribution < 1.29 is 18.7 Å². The molecule has 2 aromatic rings. The molecule has 4 rings (SSSR count). The van der Waals surface area contributed by atoms with Crippen molar-refractivity contribution in [1.82, 2.24) is 14.7 Å². The highest BCUT2D eigenvalue weighted by Gasteiger charge is 2.29. The maximum absolute atomic E-state index is 13.1. The van der Waals surface area contributed by atoms with Crippen LogP contribution < -0.4 is 0 Å². The molecule has 2 fully saturated rings. The van der Waals surface area contributed by atoms with Gasteiger partial charge in [0.25, 0.3) is 5.91 Å². The van der Waals surface area contributed by atoms with Crippen LogP contribution in [0.3, 0.4) is 0 Å². The van der Waals surface area contributed by atoms with Gasteiger partial charge in [-0.3, -0.25) is 14.5 Å². The second-order valence-electron chi connectivity index (χ2n) is 7.50. The molecule has 0 aliphatic carbocycles. The molecule has 0 atom stereocenters. The molecule has 150 valence electrons. The number of methoxy groups -OCH3 is 1. The summed E-state index contributed by atoms with van der Waals surface area (Å²) in [4.78, 5) is 31.3. The molecule has 0 bridgehead atoms. The van der Waals surface area contributed by atoms with Gasteiger partial charge >= 0.3 is 0 Å². The molecular formula is C21H27N3O4. The van der Waals surface area contributed by atoms with Gasteiger partial charge in [-0.1, -0.05) is 18.2 Å². The van der Waals surface area contributed by atoms with E-state index in [9.17, 15) is 9.59 Å². The van der Waals surface area contributed by atoms with Gasteiger partial charge in [0, 0.05) is 57.3 Å². The number of fused-ring (bicyclic) bond motifs is 1. The first-order chi connectivity index (χ1) is 13.7. The van der Waals surface area contributed by atoms with Crippen molar-refractivity contribution in [2.45, 2.75) is 19.4 Å². The average Bonchev–Trinajstić information content (AvgIpc) is 3.37. The number of benzene rings is 1. The van der Waals surface area contributed by atoms with Crippen LogP contribution in [0, 0.1) is 0 Å². The number of piperazine rings is 1. The smallest absolute Gasteiger partial charge is 0.290 e. The number of carbonyl (C=O) groups is 2. The summed E-state index contributed by atoms with van der Waals surface area (Å²) in [6, 6.07) is 7.65. The van der Waals surface area contributed by atoms with Gasteiger partial charge in [-0.2, -0.15) is 0 Å². The molecule has 2 amide bonds. The van der Waals surface area contributed by atoms with Crippen LogP contribution in [0.2, 0.25) is 0 Å². The fraction of sp³-hybridized carbons (Fsp3) is 0.524. The van der Waals surface area contributed by atoms with Crippen molar-refractivity contribution in [3.63, 3.8) is 0 Å². The van der Waals surface area contributed by atoms with Gasteiger partial charge in [0.2, 0.25) is 5.91 Å². The normalized spacial score (nSPS) is 18.2. The van der Waals surface area contributed by atoms with Gasteiger partial charge in [0.05, 0.1) is 13.2 Å².